The van der Waals surface area contributed by atoms with Gasteiger partial charge in [0.2, 0.25) is 0 Å². The maximum absolute atomic E-state index is 13.4. The van der Waals surface area contributed by atoms with Crippen molar-refractivity contribution >= 4 is 34.1 Å². The van der Waals surface area contributed by atoms with Crippen LogP contribution in [0.4, 0.5) is 5.69 Å². The van der Waals surface area contributed by atoms with Gasteiger partial charge in [0.1, 0.15) is 11.3 Å². The second-order valence-electron chi connectivity index (χ2n) is 7.20. The molecule has 1 aliphatic heterocycles. The zero-order chi connectivity index (χ0) is 21.1. The summed E-state index contributed by atoms with van der Waals surface area (Å²) in [6.07, 6.45) is 0. The normalized spacial score (nSPS) is 14.8. The first-order chi connectivity index (χ1) is 14.6. The van der Waals surface area contributed by atoms with Gasteiger partial charge in [-0.1, -0.05) is 35.9 Å². The van der Waals surface area contributed by atoms with Crippen LogP contribution in [0.1, 0.15) is 10.5 Å². The second-order valence-corrected chi connectivity index (χ2v) is 7.60. The van der Waals surface area contributed by atoms with E-state index in [1.165, 1.54) is 4.90 Å². The van der Waals surface area contributed by atoms with Crippen LogP contribution in [0.25, 0.3) is 10.9 Å². The molecule has 4 rings (SSSR count). The minimum atomic E-state index is -0.216. The molecule has 1 saturated heterocycles. The van der Waals surface area contributed by atoms with Crippen molar-refractivity contribution in [3.8, 4) is 5.75 Å². The van der Waals surface area contributed by atoms with Gasteiger partial charge in [0, 0.05) is 32.1 Å². The molecule has 158 valence electrons. The van der Waals surface area contributed by atoms with Gasteiger partial charge in [0.05, 0.1) is 37.6 Å². The van der Waals surface area contributed by atoms with Crippen molar-refractivity contribution in [1.29, 1.82) is 0 Å². The van der Waals surface area contributed by atoms with Crippen molar-refractivity contribution in [2.45, 2.75) is 6.54 Å². The fourth-order valence-electron chi connectivity index (χ4n) is 3.74. The Morgan fingerprint density at radius 2 is 1.93 bits per heavy atom. The number of carbonyl (C=O) groups is 1. The zero-order valence-electron chi connectivity index (χ0n) is 17.2. The average molecular weight is 429 g/mol. The zero-order valence-corrected chi connectivity index (χ0v) is 17.9. The van der Waals surface area contributed by atoms with E-state index in [9.17, 15) is 4.79 Å². The van der Waals surface area contributed by atoms with E-state index in [1.807, 2.05) is 41.1 Å². The summed E-state index contributed by atoms with van der Waals surface area (Å²) in [5, 5.41) is 5.98. The number of benzene rings is 2. The van der Waals surface area contributed by atoms with Crippen LogP contribution in [0.2, 0.25) is 5.02 Å². The Bertz CT molecular complexity index is 1050. The number of ether oxygens (including phenoxy) is 2. The van der Waals surface area contributed by atoms with E-state index >= 15 is 0 Å². The van der Waals surface area contributed by atoms with Crippen LogP contribution in [0.15, 0.2) is 42.5 Å². The molecule has 0 radical (unpaired) electrons. The topological polar surface area (TPSA) is 59.8 Å². The average Bonchev–Trinajstić information content (AvgIpc) is 3.16. The van der Waals surface area contributed by atoms with Crippen LogP contribution in [0.5, 0.6) is 5.75 Å². The number of anilines is 1. The number of amides is 1. The lowest BCUT2D eigenvalue weighted by molar-refractivity contribution is 0.0361. The molecule has 30 heavy (non-hydrogen) atoms. The lowest BCUT2D eigenvalue weighted by Gasteiger charge is -2.26. The molecular formula is C22H25ClN4O3. The molecule has 3 aromatic rings. The van der Waals surface area contributed by atoms with Gasteiger partial charge in [-0.2, -0.15) is 5.10 Å². The van der Waals surface area contributed by atoms with E-state index < -0.39 is 0 Å². The molecule has 0 spiro atoms. The lowest BCUT2D eigenvalue weighted by Crippen LogP contribution is -2.38. The van der Waals surface area contributed by atoms with Crippen LogP contribution in [0.3, 0.4) is 0 Å². The highest BCUT2D eigenvalue weighted by molar-refractivity contribution is 6.34. The Labute approximate surface area is 180 Å². The van der Waals surface area contributed by atoms with E-state index in [0.717, 1.165) is 43.8 Å². The Hall–Kier alpha value is -2.61. The predicted molar refractivity (Wildman–Crippen MR) is 118 cm³/mol. The Morgan fingerprint density at radius 1 is 1.17 bits per heavy atom. The molecule has 1 aliphatic rings. The molecular weight excluding hydrogens is 404 g/mol. The van der Waals surface area contributed by atoms with Crippen molar-refractivity contribution < 1.29 is 14.3 Å². The van der Waals surface area contributed by atoms with Gasteiger partial charge in [0.15, 0.2) is 5.69 Å². The Balaban J connectivity index is 1.69. The van der Waals surface area contributed by atoms with Crippen LogP contribution in [0, 0.1) is 0 Å². The summed E-state index contributed by atoms with van der Waals surface area (Å²) >= 11 is 6.30. The third-order valence-electron chi connectivity index (χ3n) is 5.41. The van der Waals surface area contributed by atoms with E-state index in [0.29, 0.717) is 28.7 Å². The molecule has 0 bridgehead atoms. The van der Waals surface area contributed by atoms with E-state index in [-0.39, 0.29) is 5.91 Å². The van der Waals surface area contributed by atoms with Crippen molar-refractivity contribution in [2.24, 2.45) is 0 Å². The molecule has 0 aliphatic carbocycles. The number of hydrogen-bond acceptors (Lipinski definition) is 5. The number of halogens is 1. The smallest absolute Gasteiger partial charge is 0.279 e. The van der Waals surface area contributed by atoms with Crippen LogP contribution >= 0.6 is 11.6 Å². The molecule has 2 heterocycles. The van der Waals surface area contributed by atoms with Gasteiger partial charge in [-0.3, -0.25) is 14.4 Å². The summed E-state index contributed by atoms with van der Waals surface area (Å²) < 4.78 is 12.9. The molecule has 0 N–H and O–H groups in total. The van der Waals surface area contributed by atoms with Crippen molar-refractivity contribution in [2.75, 3.05) is 51.9 Å². The molecule has 1 amide bonds. The van der Waals surface area contributed by atoms with Gasteiger partial charge in [-0.25, -0.2) is 0 Å². The summed E-state index contributed by atoms with van der Waals surface area (Å²) in [5.74, 6) is 0.480. The summed E-state index contributed by atoms with van der Waals surface area (Å²) in [6.45, 7) is 4.77. The first kappa shape index (κ1) is 20.7. The quantitative estimate of drug-likeness (QED) is 0.602. The van der Waals surface area contributed by atoms with Gasteiger partial charge in [0.25, 0.3) is 5.91 Å². The third-order valence-corrected chi connectivity index (χ3v) is 5.73. The van der Waals surface area contributed by atoms with Crippen molar-refractivity contribution in [3.63, 3.8) is 0 Å². The summed E-state index contributed by atoms with van der Waals surface area (Å²) in [6, 6.07) is 12.9. The third kappa shape index (κ3) is 4.01. The Morgan fingerprint density at radius 3 is 2.67 bits per heavy atom. The number of para-hydroxylation sites is 2. The number of carbonyl (C=O) groups excluding carboxylic acids is 1. The van der Waals surface area contributed by atoms with Gasteiger partial charge < -0.3 is 14.4 Å². The number of rotatable bonds is 6. The van der Waals surface area contributed by atoms with Crippen LogP contribution < -0.4 is 9.64 Å². The number of fused-ring (bicyclic) bond motifs is 1. The van der Waals surface area contributed by atoms with Crippen LogP contribution in [-0.4, -0.2) is 67.6 Å². The minimum absolute atomic E-state index is 0.216. The number of methoxy groups -OCH3 is 1. The predicted octanol–water partition coefficient (Wildman–Crippen LogP) is 3.31. The lowest BCUT2D eigenvalue weighted by atomic mass is 10.1. The largest absolute Gasteiger partial charge is 0.494 e. The highest BCUT2D eigenvalue weighted by atomic mass is 35.5. The number of aromatic nitrogens is 2. The summed E-state index contributed by atoms with van der Waals surface area (Å²) in [4.78, 5) is 17.2. The van der Waals surface area contributed by atoms with Crippen molar-refractivity contribution in [3.05, 3.63) is 53.2 Å². The molecule has 2 aromatic carbocycles. The fraction of sp³-hybridized carbons (Fsp3) is 0.364. The highest BCUT2D eigenvalue weighted by Crippen LogP contribution is 2.31. The Kier molecular flexibility index (Phi) is 6.22. The standard InChI is InChI=1S/C22H25ClN4O3/c1-25(18-8-4-3-7-17(18)23)22(28)20-16-6-5-9-19(29-2)21(16)27(24-20)11-10-26-12-14-30-15-13-26/h3-9H,10-15H2,1-2H3. The molecule has 7 nitrogen and oxygen atoms in total. The molecule has 8 heteroatoms. The monoisotopic (exact) mass is 428 g/mol. The maximum atomic E-state index is 13.4. The van der Waals surface area contributed by atoms with E-state index in [2.05, 4.69) is 4.90 Å². The van der Waals surface area contributed by atoms with Gasteiger partial charge >= 0.3 is 0 Å². The molecule has 1 fully saturated rings. The first-order valence-corrected chi connectivity index (χ1v) is 10.3. The number of hydrogen-bond donors (Lipinski definition) is 0. The van der Waals surface area contributed by atoms with Gasteiger partial charge in [-0.05, 0) is 18.2 Å². The molecule has 0 unspecified atom stereocenters. The first-order valence-electron chi connectivity index (χ1n) is 9.96. The van der Waals surface area contributed by atoms with Gasteiger partial charge in [-0.15, -0.1) is 0 Å². The summed E-state index contributed by atoms with van der Waals surface area (Å²) in [7, 11) is 3.34. The SMILES string of the molecule is COc1cccc2c(C(=O)N(C)c3ccccc3Cl)nn(CCN3CCOCC3)c12. The molecule has 0 atom stereocenters. The van der Waals surface area contributed by atoms with E-state index in [1.54, 1.807) is 20.2 Å². The van der Waals surface area contributed by atoms with Crippen molar-refractivity contribution in [1.82, 2.24) is 14.7 Å². The maximum Gasteiger partial charge on any atom is 0.279 e. The number of nitrogens with zero attached hydrogens (tertiary/aromatic N) is 4. The van der Waals surface area contributed by atoms with Crippen LogP contribution in [-0.2, 0) is 11.3 Å². The minimum Gasteiger partial charge on any atom is -0.494 e. The number of morpholine rings is 1. The molecule has 0 saturated carbocycles. The second kappa shape index (κ2) is 9.04. The summed E-state index contributed by atoms with van der Waals surface area (Å²) in [5.41, 5.74) is 1.85. The molecule has 1 aromatic heterocycles. The fourth-order valence-corrected chi connectivity index (χ4v) is 4.00. The highest BCUT2D eigenvalue weighted by Gasteiger charge is 2.24. The van der Waals surface area contributed by atoms with E-state index in [4.69, 9.17) is 26.2 Å².